The van der Waals surface area contributed by atoms with Gasteiger partial charge in [-0.2, -0.15) is 0 Å². The molecule has 0 aliphatic heterocycles. The van der Waals surface area contributed by atoms with E-state index in [0.717, 1.165) is 21.6 Å². The van der Waals surface area contributed by atoms with Crippen molar-refractivity contribution < 1.29 is 5.11 Å². The normalized spacial score (nSPS) is 12.8. The van der Waals surface area contributed by atoms with Crippen LogP contribution in [-0.4, -0.2) is 5.11 Å². The van der Waals surface area contributed by atoms with Crippen LogP contribution in [0.1, 0.15) is 32.5 Å². The highest BCUT2D eigenvalue weighted by Gasteiger charge is 2.16. The summed E-state index contributed by atoms with van der Waals surface area (Å²) < 4.78 is 0. The highest BCUT2D eigenvalue weighted by Crippen LogP contribution is 2.31. The van der Waals surface area contributed by atoms with E-state index in [4.69, 9.17) is 0 Å². The van der Waals surface area contributed by atoms with Crippen molar-refractivity contribution in [1.82, 2.24) is 0 Å². The smallest absolute Gasteiger partial charge is 0.114 e. The zero-order chi connectivity index (χ0) is 11.7. The highest BCUT2D eigenvalue weighted by atomic mass is 32.1. The van der Waals surface area contributed by atoms with Crippen LogP contribution in [0.2, 0.25) is 0 Å². The number of aryl methyl sites for hydroxylation is 3. The molecule has 84 valence electrons. The van der Waals surface area contributed by atoms with Crippen LogP contribution in [0.15, 0.2) is 30.3 Å². The van der Waals surface area contributed by atoms with Gasteiger partial charge in [0.2, 0.25) is 0 Å². The van der Waals surface area contributed by atoms with E-state index in [1.807, 2.05) is 38.1 Å². The number of hydrogen-bond donors (Lipinski definition) is 1. The maximum atomic E-state index is 10.4. The SMILES string of the molecule is Cc1ccc(C(O)c2c(C)cccc2C)s1. The van der Waals surface area contributed by atoms with Gasteiger partial charge in [-0.25, -0.2) is 0 Å². The molecule has 0 bridgehead atoms. The Morgan fingerprint density at radius 3 is 2.12 bits per heavy atom. The third kappa shape index (κ3) is 2.04. The van der Waals surface area contributed by atoms with Gasteiger partial charge in [-0.3, -0.25) is 0 Å². The molecule has 0 saturated carbocycles. The summed E-state index contributed by atoms with van der Waals surface area (Å²) in [7, 11) is 0. The van der Waals surface area contributed by atoms with Crippen molar-refractivity contribution in [2.45, 2.75) is 26.9 Å². The Kier molecular flexibility index (Phi) is 3.13. The molecule has 0 aliphatic rings. The summed E-state index contributed by atoms with van der Waals surface area (Å²) in [5.74, 6) is 0. The van der Waals surface area contributed by atoms with Crippen molar-refractivity contribution in [3.63, 3.8) is 0 Å². The summed E-state index contributed by atoms with van der Waals surface area (Å²) >= 11 is 1.66. The first kappa shape index (κ1) is 11.4. The van der Waals surface area contributed by atoms with E-state index >= 15 is 0 Å². The summed E-state index contributed by atoms with van der Waals surface area (Å²) in [5.41, 5.74) is 3.35. The zero-order valence-corrected chi connectivity index (χ0v) is 10.6. The van der Waals surface area contributed by atoms with Gasteiger partial charge in [0.25, 0.3) is 0 Å². The number of aliphatic hydroxyl groups is 1. The lowest BCUT2D eigenvalue weighted by Crippen LogP contribution is -2.02. The molecule has 0 spiro atoms. The van der Waals surface area contributed by atoms with E-state index in [1.165, 1.54) is 4.88 Å². The number of thiophene rings is 1. The van der Waals surface area contributed by atoms with Crippen LogP contribution in [-0.2, 0) is 0 Å². The first-order chi connectivity index (χ1) is 7.59. The third-order valence-electron chi connectivity index (χ3n) is 2.85. The molecule has 16 heavy (non-hydrogen) atoms. The Balaban J connectivity index is 2.45. The molecule has 1 atom stereocenters. The molecular weight excluding hydrogens is 216 g/mol. The first-order valence-corrected chi connectivity index (χ1v) is 6.21. The van der Waals surface area contributed by atoms with E-state index in [9.17, 15) is 5.11 Å². The molecule has 2 rings (SSSR count). The third-order valence-corrected chi connectivity index (χ3v) is 3.90. The zero-order valence-electron chi connectivity index (χ0n) is 9.82. The fraction of sp³-hybridized carbons (Fsp3) is 0.286. The van der Waals surface area contributed by atoms with Gasteiger partial charge < -0.3 is 5.11 Å². The molecule has 1 unspecified atom stereocenters. The monoisotopic (exact) mass is 232 g/mol. The second kappa shape index (κ2) is 4.40. The van der Waals surface area contributed by atoms with Crippen LogP contribution >= 0.6 is 11.3 Å². The number of hydrogen-bond acceptors (Lipinski definition) is 2. The van der Waals surface area contributed by atoms with Crippen LogP contribution in [0.5, 0.6) is 0 Å². The Morgan fingerprint density at radius 1 is 1.00 bits per heavy atom. The molecule has 1 aromatic carbocycles. The van der Waals surface area contributed by atoms with Gasteiger partial charge in [0.05, 0.1) is 0 Å². The highest BCUT2D eigenvalue weighted by molar-refractivity contribution is 7.12. The number of aliphatic hydroxyl groups excluding tert-OH is 1. The van der Waals surface area contributed by atoms with E-state index in [-0.39, 0.29) is 0 Å². The molecular formula is C14H16OS. The minimum Gasteiger partial charge on any atom is -0.383 e. The van der Waals surface area contributed by atoms with Crippen LogP contribution in [0.25, 0.3) is 0 Å². The van der Waals surface area contributed by atoms with Crippen molar-refractivity contribution in [2.24, 2.45) is 0 Å². The average molecular weight is 232 g/mol. The average Bonchev–Trinajstić information content (AvgIpc) is 2.64. The molecule has 1 nitrogen and oxygen atoms in total. The summed E-state index contributed by atoms with van der Waals surface area (Å²) in [6.45, 7) is 6.16. The Hall–Kier alpha value is -1.12. The summed E-state index contributed by atoms with van der Waals surface area (Å²) in [6, 6.07) is 10.2. The lowest BCUT2D eigenvalue weighted by atomic mass is 9.97. The predicted molar refractivity (Wildman–Crippen MR) is 69.0 cm³/mol. The summed E-state index contributed by atoms with van der Waals surface area (Å²) in [4.78, 5) is 2.26. The van der Waals surface area contributed by atoms with Crippen LogP contribution in [0, 0.1) is 20.8 Å². The molecule has 0 saturated heterocycles. The topological polar surface area (TPSA) is 20.2 Å². The molecule has 2 heteroatoms. The van der Waals surface area contributed by atoms with E-state index in [1.54, 1.807) is 11.3 Å². The molecule has 0 aliphatic carbocycles. The van der Waals surface area contributed by atoms with Crippen molar-refractivity contribution >= 4 is 11.3 Å². The Morgan fingerprint density at radius 2 is 1.62 bits per heavy atom. The standard InChI is InChI=1S/C14H16OS/c1-9-5-4-6-10(2)13(9)14(15)12-8-7-11(3)16-12/h4-8,14-15H,1-3H3. The van der Waals surface area contributed by atoms with E-state index in [2.05, 4.69) is 13.0 Å². The second-order valence-electron chi connectivity index (χ2n) is 4.16. The molecule has 2 aromatic rings. The predicted octanol–water partition coefficient (Wildman–Crippen LogP) is 3.76. The molecule has 0 fully saturated rings. The Labute approximate surface area is 100 Å². The van der Waals surface area contributed by atoms with Gasteiger partial charge in [-0.05, 0) is 49.6 Å². The fourth-order valence-electron chi connectivity index (χ4n) is 2.00. The van der Waals surface area contributed by atoms with Gasteiger partial charge >= 0.3 is 0 Å². The second-order valence-corrected chi connectivity index (χ2v) is 5.48. The van der Waals surface area contributed by atoms with Gasteiger partial charge in [0, 0.05) is 9.75 Å². The van der Waals surface area contributed by atoms with Crippen molar-refractivity contribution in [3.8, 4) is 0 Å². The van der Waals surface area contributed by atoms with Crippen molar-refractivity contribution in [2.75, 3.05) is 0 Å². The largest absolute Gasteiger partial charge is 0.383 e. The van der Waals surface area contributed by atoms with Crippen molar-refractivity contribution in [3.05, 3.63) is 56.8 Å². The van der Waals surface area contributed by atoms with E-state index < -0.39 is 6.10 Å². The lowest BCUT2D eigenvalue weighted by Gasteiger charge is -2.15. The van der Waals surface area contributed by atoms with Crippen LogP contribution in [0.4, 0.5) is 0 Å². The van der Waals surface area contributed by atoms with Crippen LogP contribution < -0.4 is 0 Å². The molecule has 1 N–H and O–H groups in total. The summed E-state index contributed by atoms with van der Waals surface area (Å²) in [6.07, 6.45) is -0.486. The Bertz CT molecular complexity index is 479. The fourth-order valence-corrected chi connectivity index (χ4v) is 2.87. The van der Waals surface area contributed by atoms with Gasteiger partial charge in [-0.15, -0.1) is 11.3 Å². The first-order valence-electron chi connectivity index (χ1n) is 5.40. The molecule has 0 amide bonds. The van der Waals surface area contributed by atoms with Gasteiger partial charge in [0.15, 0.2) is 0 Å². The lowest BCUT2D eigenvalue weighted by molar-refractivity contribution is 0.222. The number of benzene rings is 1. The van der Waals surface area contributed by atoms with E-state index in [0.29, 0.717) is 0 Å². The maximum Gasteiger partial charge on any atom is 0.114 e. The molecule has 1 heterocycles. The van der Waals surface area contributed by atoms with Gasteiger partial charge in [0.1, 0.15) is 6.10 Å². The quantitative estimate of drug-likeness (QED) is 0.836. The summed E-state index contributed by atoms with van der Waals surface area (Å²) in [5, 5.41) is 10.4. The van der Waals surface area contributed by atoms with Crippen LogP contribution in [0.3, 0.4) is 0 Å². The molecule has 1 aromatic heterocycles. The number of rotatable bonds is 2. The minimum atomic E-state index is -0.486. The van der Waals surface area contributed by atoms with Crippen molar-refractivity contribution in [1.29, 1.82) is 0 Å². The minimum absolute atomic E-state index is 0.486. The van der Waals surface area contributed by atoms with Gasteiger partial charge in [-0.1, -0.05) is 18.2 Å². The maximum absolute atomic E-state index is 10.4. The molecule has 0 radical (unpaired) electrons.